The maximum absolute atomic E-state index is 14.5. The van der Waals surface area contributed by atoms with Crippen LogP contribution in [-0.4, -0.2) is 41.0 Å². The number of hydrogen-bond acceptors (Lipinski definition) is 4. The van der Waals surface area contributed by atoms with Crippen molar-refractivity contribution in [3.63, 3.8) is 0 Å². The number of carbonyl (C=O) groups excluding carboxylic acids is 3. The highest BCUT2D eigenvalue weighted by molar-refractivity contribution is 6.34. The summed E-state index contributed by atoms with van der Waals surface area (Å²) in [4.78, 5) is 43.3. The van der Waals surface area contributed by atoms with Crippen LogP contribution in [0, 0.1) is 6.92 Å². The highest BCUT2D eigenvalue weighted by Crippen LogP contribution is 2.30. The van der Waals surface area contributed by atoms with Gasteiger partial charge in [0.2, 0.25) is 5.91 Å². The van der Waals surface area contributed by atoms with Gasteiger partial charge in [-0.15, -0.1) is 0 Å². The van der Waals surface area contributed by atoms with E-state index in [2.05, 4.69) is 17.6 Å². The molecular weight excluding hydrogens is 562 g/mol. The van der Waals surface area contributed by atoms with Crippen molar-refractivity contribution in [2.75, 3.05) is 11.9 Å². The molecule has 0 heterocycles. The SMILES string of the molecule is CCCCN(C(=O)C(Cc1ccccc1)NC(=O)OC(C)(C)C)C(C(=O)Nc1c(C)cccc1Cl)c1ccc(CC)cc1. The summed E-state index contributed by atoms with van der Waals surface area (Å²) >= 11 is 6.48. The second-order valence-corrected chi connectivity index (χ2v) is 12.1. The third-order valence-electron chi connectivity index (χ3n) is 7.04. The van der Waals surface area contributed by atoms with Crippen molar-refractivity contribution in [3.8, 4) is 0 Å². The lowest BCUT2D eigenvalue weighted by molar-refractivity contribution is -0.140. The summed E-state index contributed by atoms with van der Waals surface area (Å²) < 4.78 is 5.53. The Hall–Kier alpha value is -3.84. The van der Waals surface area contributed by atoms with Crippen LogP contribution in [-0.2, 0) is 27.2 Å². The number of rotatable bonds is 12. The molecule has 0 saturated carbocycles. The Bertz CT molecular complexity index is 1350. The number of nitrogens with zero attached hydrogens (tertiary/aromatic N) is 1. The number of unbranched alkanes of at least 4 members (excludes halogenated alkanes) is 1. The molecule has 3 aromatic carbocycles. The number of para-hydroxylation sites is 1. The average Bonchev–Trinajstić information content (AvgIpc) is 2.96. The van der Waals surface area contributed by atoms with E-state index in [-0.39, 0.29) is 18.2 Å². The molecule has 2 N–H and O–H groups in total. The van der Waals surface area contributed by atoms with Gasteiger partial charge < -0.3 is 20.3 Å². The average molecular weight is 606 g/mol. The number of nitrogens with one attached hydrogen (secondary N) is 2. The summed E-state index contributed by atoms with van der Waals surface area (Å²) in [5.41, 5.74) is 3.21. The van der Waals surface area contributed by atoms with Gasteiger partial charge in [-0.3, -0.25) is 9.59 Å². The van der Waals surface area contributed by atoms with Gasteiger partial charge in [-0.25, -0.2) is 4.79 Å². The predicted octanol–water partition coefficient (Wildman–Crippen LogP) is 7.66. The number of hydrogen-bond donors (Lipinski definition) is 2. The van der Waals surface area contributed by atoms with Gasteiger partial charge >= 0.3 is 6.09 Å². The van der Waals surface area contributed by atoms with Crippen molar-refractivity contribution in [1.82, 2.24) is 10.2 Å². The maximum atomic E-state index is 14.5. The number of amides is 3. The molecule has 0 aromatic heterocycles. The van der Waals surface area contributed by atoms with E-state index in [1.54, 1.807) is 31.7 Å². The third-order valence-corrected chi connectivity index (χ3v) is 7.36. The molecule has 2 atom stereocenters. The lowest BCUT2D eigenvalue weighted by Crippen LogP contribution is -2.53. The molecule has 0 aliphatic carbocycles. The molecule has 0 saturated heterocycles. The minimum atomic E-state index is -0.973. The summed E-state index contributed by atoms with van der Waals surface area (Å²) in [5, 5.41) is 6.22. The van der Waals surface area contributed by atoms with Gasteiger partial charge in [0.1, 0.15) is 17.7 Å². The zero-order chi connectivity index (χ0) is 31.6. The fourth-order valence-electron chi connectivity index (χ4n) is 4.79. The molecule has 0 radical (unpaired) electrons. The largest absolute Gasteiger partial charge is 0.444 e. The molecular formula is C35H44ClN3O4. The number of carbonyl (C=O) groups is 3. The van der Waals surface area contributed by atoms with Gasteiger partial charge in [-0.05, 0) is 68.9 Å². The molecule has 3 aromatic rings. The van der Waals surface area contributed by atoms with E-state index in [4.69, 9.17) is 16.3 Å². The number of halogens is 1. The Kier molecular flexibility index (Phi) is 12.2. The van der Waals surface area contributed by atoms with Gasteiger partial charge in [0, 0.05) is 13.0 Å². The standard InChI is InChI=1S/C35H44ClN3O4/c1-7-9-22-39(33(41)29(23-26-15-11-10-12-16-26)37-34(42)43-35(4,5)6)31(27-20-18-25(8-2)19-21-27)32(40)38-30-24(3)14-13-17-28(30)36/h10-21,29,31H,7-9,22-23H2,1-6H3,(H,37,42)(H,38,40). The number of benzene rings is 3. The van der Waals surface area contributed by atoms with E-state index in [1.165, 1.54) is 0 Å². The zero-order valence-corrected chi connectivity index (χ0v) is 26.8. The van der Waals surface area contributed by atoms with Crippen molar-refractivity contribution < 1.29 is 19.1 Å². The monoisotopic (exact) mass is 605 g/mol. The van der Waals surface area contributed by atoms with Crippen LogP contribution in [0.4, 0.5) is 10.5 Å². The second kappa shape index (κ2) is 15.6. The molecule has 0 fully saturated rings. The number of ether oxygens (including phenoxy) is 1. The fraction of sp³-hybridized carbons (Fsp3) is 0.400. The first-order valence-electron chi connectivity index (χ1n) is 14.9. The minimum Gasteiger partial charge on any atom is -0.444 e. The highest BCUT2D eigenvalue weighted by atomic mass is 35.5. The van der Waals surface area contributed by atoms with Crippen molar-refractivity contribution >= 4 is 35.2 Å². The molecule has 230 valence electrons. The fourth-order valence-corrected chi connectivity index (χ4v) is 5.05. The molecule has 0 aliphatic heterocycles. The Morgan fingerprint density at radius 2 is 1.58 bits per heavy atom. The number of anilines is 1. The quantitative estimate of drug-likeness (QED) is 0.222. The van der Waals surface area contributed by atoms with Crippen LogP contribution in [0.5, 0.6) is 0 Å². The zero-order valence-electron chi connectivity index (χ0n) is 26.1. The number of alkyl carbamates (subject to hydrolysis) is 1. The van der Waals surface area contributed by atoms with Gasteiger partial charge in [-0.1, -0.05) is 98.6 Å². The smallest absolute Gasteiger partial charge is 0.408 e. The van der Waals surface area contributed by atoms with E-state index in [0.29, 0.717) is 29.2 Å². The highest BCUT2D eigenvalue weighted by Gasteiger charge is 2.36. The van der Waals surface area contributed by atoms with E-state index in [9.17, 15) is 14.4 Å². The maximum Gasteiger partial charge on any atom is 0.408 e. The van der Waals surface area contributed by atoms with Crippen LogP contribution in [0.1, 0.15) is 75.8 Å². The van der Waals surface area contributed by atoms with Crippen molar-refractivity contribution in [2.24, 2.45) is 0 Å². The van der Waals surface area contributed by atoms with Gasteiger partial charge in [0.25, 0.3) is 5.91 Å². The van der Waals surface area contributed by atoms with E-state index < -0.39 is 23.8 Å². The molecule has 43 heavy (non-hydrogen) atoms. The molecule has 8 heteroatoms. The lowest BCUT2D eigenvalue weighted by Gasteiger charge is -2.35. The summed E-state index contributed by atoms with van der Waals surface area (Å²) in [7, 11) is 0. The summed E-state index contributed by atoms with van der Waals surface area (Å²) in [6.45, 7) is 11.6. The lowest BCUT2D eigenvalue weighted by atomic mass is 9.98. The van der Waals surface area contributed by atoms with Crippen LogP contribution in [0.3, 0.4) is 0 Å². The molecule has 0 aliphatic rings. The topological polar surface area (TPSA) is 87.7 Å². The molecule has 2 unspecified atom stereocenters. The summed E-state index contributed by atoms with van der Waals surface area (Å²) in [6.07, 6.45) is 1.84. The van der Waals surface area contributed by atoms with Crippen LogP contribution in [0.25, 0.3) is 0 Å². The first-order chi connectivity index (χ1) is 20.4. The van der Waals surface area contributed by atoms with Crippen molar-refractivity contribution in [1.29, 1.82) is 0 Å². The van der Waals surface area contributed by atoms with Crippen LogP contribution in [0.2, 0.25) is 5.02 Å². The Morgan fingerprint density at radius 1 is 0.907 bits per heavy atom. The van der Waals surface area contributed by atoms with E-state index >= 15 is 0 Å². The van der Waals surface area contributed by atoms with E-state index in [0.717, 1.165) is 29.5 Å². The molecule has 0 bridgehead atoms. The van der Waals surface area contributed by atoms with E-state index in [1.807, 2.05) is 80.6 Å². The number of aryl methyl sites for hydroxylation is 2. The first kappa shape index (κ1) is 33.7. The third kappa shape index (κ3) is 9.85. The molecule has 0 spiro atoms. The minimum absolute atomic E-state index is 0.230. The normalized spacial score (nSPS) is 12.6. The molecule has 7 nitrogen and oxygen atoms in total. The van der Waals surface area contributed by atoms with Crippen molar-refractivity contribution in [2.45, 2.75) is 84.9 Å². The first-order valence-corrected chi connectivity index (χ1v) is 15.3. The van der Waals surface area contributed by atoms with Crippen LogP contribution < -0.4 is 10.6 Å². The molecule has 3 rings (SSSR count). The van der Waals surface area contributed by atoms with Gasteiger partial charge in [0.05, 0.1) is 10.7 Å². The summed E-state index contributed by atoms with van der Waals surface area (Å²) in [5.74, 6) is -0.764. The Labute approximate surface area is 261 Å². The van der Waals surface area contributed by atoms with Gasteiger partial charge in [-0.2, -0.15) is 0 Å². The second-order valence-electron chi connectivity index (χ2n) is 11.7. The van der Waals surface area contributed by atoms with Crippen molar-refractivity contribution in [3.05, 3.63) is 100 Å². The Morgan fingerprint density at radius 3 is 2.16 bits per heavy atom. The molecule has 3 amide bonds. The van der Waals surface area contributed by atoms with Crippen LogP contribution >= 0.6 is 11.6 Å². The summed E-state index contributed by atoms with van der Waals surface area (Å²) in [6, 6.07) is 20.7. The Balaban J connectivity index is 2.08. The predicted molar refractivity (Wildman–Crippen MR) is 173 cm³/mol. The van der Waals surface area contributed by atoms with Gasteiger partial charge in [0.15, 0.2) is 0 Å². The van der Waals surface area contributed by atoms with Crippen LogP contribution in [0.15, 0.2) is 72.8 Å².